The van der Waals surface area contributed by atoms with Crippen LogP contribution >= 0.6 is 11.8 Å². The highest BCUT2D eigenvalue weighted by atomic mass is 32.2. The van der Waals surface area contributed by atoms with Gasteiger partial charge < -0.3 is 19.5 Å². The summed E-state index contributed by atoms with van der Waals surface area (Å²) in [6.07, 6.45) is 4.13. The van der Waals surface area contributed by atoms with Crippen LogP contribution < -0.4 is 14.8 Å². The topological polar surface area (TPSA) is 73.9 Å². The van der Waals surface area contributed by atoms with Crippen LogP contribution in [0.1, 0.15) is 35.2 Å². The number of methoxy groups -OCH3 is 2. The van der Waals surface area contributed by atoms with E-state index in [1.54, 1.807) is 25.1 Å². The molecule has 0 aromatic heterocycles. The summed E-state index contributed by atoms with van der Waals surface area (Å²) >= 11 is -0.237. The van der Waals surface area contributed by atoms with Crippen molar-refractivity contribution in [2.24, 2.45) is 5.92 Å². The maximum Gasteiger partial charge on any atom is 0.446 e. The number of hydrogen-bond donors (Lipinski definition) is 1. The second-order valence-electron chi connectivity index (χ2n) is 7.78. The molecule has 3 rings (SSSR count). The summed E-state index contributed by atoms with van der Waals surface area (Å²) < 4.78 is 53.5. The van der Waals surface area contributed by atoms with Crippen LogP contribution in [-0.4, -0.2) is 44.3 Å². The largest absolute Gasteiger partial charge is 0.493 e. The van der Waals surface area contributed by atoms with Crippen molar-refractivity contribution < 1.29 is 37.0 Å². The summed E-state index contributed by atoms with van der Waals surface area (Å²) in [7, 11) is 3.03. The Hall–Kier alpha value is -3.14. The molecule has 10 heteroatoms. The summed E-state index contributed by atoms with van der Waals surface area (Å²) in [4.78, 5) is 25.5. The number of rotatable bonds is 9. The first-order valence-corrected chi connectivity index (χ1v) is 11.7. The first-order valence-electron chi connectivity index (χ1n) is 10.9. The van der Waals surface area contributed by atoms with Crippen LogP contribution in [0, 0.1) is 5.92 Å². The van der Waals surface area contributed by atoms with E-state index in [-0.39, 0.29) is 46.8 Å². The fraction of sp³-hybridized carbons (Fsp3) is 0.360. The highest BCUT2D eigenvalue weighted by molar-refractivity contribution is 8.00. The third-order valence-electron chi connectivity index (χ3n) is 5.52. The maximum absolute atomic E-state index is 12.9. The highest BCUT2D eigenvalue weighted by Gasteiger charge is 2.35. The predicted octanol–water partition coefficient (Wildman–Crippen LogP) is 5.34. The molecule has 6 nitrogen and oxygen atoms in total. The number of hydrogen-bond acceptors (Lipinski definition) is 6. The summed E-state index contributed by atoms with van der Waals surface area (Å²) in [6.45, 7) is 1.96. The molecule has 2 aromatic rings. The van der Waals surface area contributed by atoms with E-state index in [0.29, 0.717) is 23.5 Å². The number of alkyl halides is 3. The first-order chi connectivity index (χ1) is 16.6. The molecule has 3 atom stereocenters. The van der Waals surface area contributed by atoms with Gasteiger partial charge in [-0.1, -0.05) is 18.2 Å². The second kappa shape index (κ2) is 11.5. The van der Waals surface area contributed by atoms with Crippen molar-refractivity contribution in [2.45, 2.75) is 35.7 Å². The molecular weight excluding hydrogens is 483 g/mol. The predicted molar refractivity (Wildman–Crippen MR) is 126 cm³/mol. The third kappa shape index (κ3) is 6.94. The third-order valence-corrected chi connectivity index (χ3v) is 6.26. The standard InChI is InChI=1S/C25H26F3NO5S/c1-4-34-24(31)22(17-8-12-20(32-2)21(14-17)33-3)16-5-9-18(13-16)29-23(30)15-6-10-19(11-7-15)35-25(26,27)28/h5-12,14,16,18,22H,4,13H2,1-3H3,(H,29,30)/t16-,18-,22-/m0/s1. The van der Waals surface area contributed by atoms with Gasteiger partial charge in [0.2, 0.25) is 0 Å². The molecule has 0 saturated carbocycles. The van der Waals surface area contributed by atoms with Crippen LogP contribution in [0.15, 0.2) is 59.5 Å². The van der Waals surface area contributed by atoms with E-state index in [9.17, 15) is 22.8 Å². The Labute approximate surface area is 205 Å². The van der Waals surface area contributed by atoms with Crippen molar-refractivity contribution in [1.82, 2.24) is 5.32 Å². The molecule has 2 aromatic carbocycles. The molecule has 0 bridgehead atoms. The number of ether oxygens (including phenoxy) is 3. The molecule has 0 spiro atoms. The van der Waals surface area contributed by atoms with Crippen molar-refractivity contribution in [2.75, 3.05) is 20.8 Å². The molecule has 0 heterocycles. The van der Waals surface area contributed by atoms with Crippen molar-refractivity contribution in [1.29, 1.82) is 0 Å². The fourth-order valence-corrected chi connectivity index (χ4v) is 4.52. The molecule has 188 valence electrons. The van der Waals surface area contributed by atoms with Gasteiger partial charge in [0, 0.05) is 16.5 Å². The molecule has 35 heavy (non-hydrogen) atoms. The number of nitrogens with one attached hydrogen (secondary N) is 1. The lowest BCUT2D eigenvalue weighted by Gasteiger charge is -2.23. The Morgan fingerprint density at radius 1 is 1.06 bits per heavy atom. The van der Waals surface area contributed by atoms with E-state index in [2.05, 4.69) is 5.32 Å². The molecule has 0 fully saturated rings. The second-order valence-corrected chi connectivity index (χ2v) is 8.92. The minimum absolute atomic E-state index is 0.00192. The average Bonchev–Trinajstić information content (AvgIpc) is 3.26. The molecule has 0 saturated heterocycles. The summed E-state index contributed by atoms with van der Waals surface area (Å²) in [5.74, 6) is -0.653. The summed E-state index contributed by atoms with van der Waals surface area (Å²) in [5.41, 5.74) is -3.45. The molecule has 1 amide bonds. The number of amides is 1. The Morgan fingerprint density at radius 2 is 1.74 bits per heavy atom. The number of halogens is 3. The Balaban J connectivity index is 1.71. The molecule has 1 aliphatic carbocycles. The molecule has 1 N–H and O–H groups in total. The van der Waals surface area contributed by atoms with Crippen molar-refractivity contribution in [3.05, 3.63) is 65.7 Å². The van der Waals surface area contributed by atoms with E-state index in [4.69, 9.17) is 14.2 Å². The van der Waals surface area contributed by atoms with Gasteiger partial charge in [-0.05, 0) is 73.0 Å². The van der Waals surface area contributed by atoms with Crippen LogP contribution in [0.25, 0.3) is 0 Å². The van der Waals surface area contributed by atoms with E-state index in [1.165, 1.54) is 38.5 Å². The zero-order valence-corrected chi connectivity index (χ0v) is 20.2. The molecule has 0 aliphatic heterocycles. The minimum Gasteiger partial charge on any atom is -0.493 e. The molecular formula is C25H26F3NO5S. The van der Waals surface area contributed by atoms with Crippen LogP contribution in [0.3, 0.4) is 0 Å². The van der Waals surface area contributed by atoms with Gasteiger partial charge in [0.25, 0.3) is 5.91 Å². The fourth-order valence-electron chi connectivity index (χ4n) is 3.98. The lowest BCUT2D eigenvalue weighted by molar-refractivity contribution is -0.146. The Morgan fingerprint density at radius 3 is 2.34 bits per heavy atom. The number of benzene rings is 2. The van der Waals surface area contributed by atoms with Crippen molar-refractivity contribution in [3.8, 4) is 11.5 Å². The lowest BCUT2D eigenvalue weighted by atomic mass is 9.85. The zero-order chi connectivity index (χ0) is 25.6. The van der Waals surface area contributed by atoms with E-state index >= 15 is 0 Å². The van der Waals surface area contributed by atoms with Gasteiger partial charge >= 0.3 is 11.5 Å². The monoisotopic (exact) mass is 509 g/mol. The van der Waals surface area contributed by atoms with Gasteiger partial charge in [-0.2, -0.15) is 13.2 Å². The number of esters is 1. The zero-order valence-electron chi connectivity index (χ0n) is 19.4. The molecule has 0 unspecified atom stereocenters. The Bertz CT molecular complexity index is 1070. The number of carbonyl (C=O) groups is 2. The van der Waals surface area contributed by atoms with Gasteiger partial charge in [0.05, 0.1) is 26.7 Å². The first kappa shape index (κ1) is 26.5. The van der Waals surface area contributed by atoms with Gasteiger partial charge in [-0.3, -0.25) is 9.59 Å². The smallest absolute Gasteiger partial charge is 0.446 e. The molecule has 0 radical (unpaired) electrons. The van der Waals surface area contributed by atoms with Gasteiger partial charge in [-0.25, -0.2) is 0 Å². The van der Waals surface area contributed by atoms with Crippen LogP contribution in [0.2, 0.25) is 0 Å². The highest BCUT2D eigenvalue weighted by Crippen LogP contribution is 2.39. The van der Waals surface area contributed by atoms with Gasteiger partial charge in [-0.15, -0.1) is 0 Å². The maximum atomic E-state index is 12.9. The quantitative estimate of drug-likeness (QED) is 0.280. The van der Waals surface area contributed by atoms with Gasteiger partial charge in [0.15, 0.2) is 11.5 Å². The van der Waals surface area contributed by atoms with Crippen molar-refractivity contribution >= 4 is 23.6 Å². The van der Waals surface area contributed by atoms with Crippen molar-refractivity contribution in [3.63, 3.8) is 0 Å². The van der Waals surface area contributed by atoms with E-state index < -0.39 is 17.3 Å². The van der Waals surface area contributed by atoms with Crippen LogP contribution in [0.4, 0.5) is 13.2 Å². The number of allylic oxidation sites excluding steroid dienone is 1. The average molecular weight is 510 g/mol. The number of thioether (sulfide) groups is 1. The molecule has 1 aliphatic rings. The minimum atomic E-state index is -4.39. The SMILES string of the molecule is CCOC(=O)[C@H](c1ccc(OC)c(OC)c1)[C@H]1C=C[C@H](NC(=O)c2ccc(SC(F)(F)F)cc2)C1. The van der Waals surface area contributed by atoms with Crippen LogP contribution in [-0.2, 0) is 9.53 Å². The summed E-state index contributed by atoms with van der Waals surface area (Å²) in [6, 6.07) is 10.1. The van der Waals surface area contributed by atoms with Crippen LogP contribution in [0.5, 0.6) is 11.5 Å². The van der Waals surface area contributed by atoms with E-state index in [1.807, 2.05) is 12.2 Å². The lowest BCUT2D eigenvalue weighted by Crippen LogP contribution is -2.33. The Kier molecular flexibility index (Phi) is 8.71. The normalized spacial score (nSPS) is 18.1. The van der Waals surface area contributed by atoms with E-state index in [0.717, 1.165) is 0 Å². The van der Waals surface area contributed by atoms with Gasteiger partial charge in [0.1, 0.15) is 0 Å². The summed E-state index contributed by atoms with van der Waals surface area (Å²) in [5, 5.41) is 2.86. The number of carbonyl (C=O) groups excluding carboxylic acids is 2.